The second kappa shape index (κ2) is 10.4. The lowest BCUT2D eigenvalue weighted by Crippen LogP contribution is -2.43. The number of hydrogen-bond acceptors (Lipinski definition) is 4. The predicted molar refractivity (Wildman–Crippen MR) is 117 cm³/mol. The molecule has 1 heterocycles. The maximum Gasteiger partial charge on any atom is 0.240 e. The van der Waals surface area contributed by atoms with Crippen LogP contribution in [0.25, 0.3) is 0 Å². The molecular weight excluding hydrogens is 388 g/mol. The SMILES string of the molecule is CCNC(=NCCNS(=O)(=O)c1ccccc1)NC(C)Cc1c(C)nn(C)c1C. The third kappa shape index (κ3) is 6.57. The molecule has 0 saturated carbocycles. The molecule has 0 amide bonds. The van der Waals surface area contributed by atoms with E-state index < -0.39 is 10.0 Å². The Labute approximate surface area is 173 Å². The van der Waals surface area contributed by atoms with Gasteiger partial charge in [-0.3, -0.25) is 9.67 Å². The number of nitrogens with one attached hydrogen (secondary N) is 3. The summed E-state index contributed by atoms with van der Waals surface area (Å²) in [4.78, 5) is 4.74. The zero-order valence-electron chi connectivity index (χ0n) is 17.9. The molecule has 0 bridgehead atoms. The number of aromatic nitrogens is 2. The number of guanidine groups is 1. The van der Waals surface area contributed by atoms with E-state index in [9.17, 15) is 8.42 Å². The van der Waals surface area contributed by atoms with Crippen molar-refractivity contribution in [2.24, 2.45) is 12.0 Å². The second-order valence-electron chi connectivity index (χ2n) is 6.99. The summed E-state index contributed by atoms with van der Waals surface area (Å²) in [5.41, 5.74) is 3.43. The normalized spacial score (nSPS) is 13.3. The fourth-order valence-corrected chi connectivity index (χ4v) is 4.10. The van der Waals surface area contributed by atoms with E-state index >= 15 is 0 Å². The summed E-state index contributed by atoms with van der Waals surface area (Å²) in [6.07, 6.45) is 0.830. The minimum absolute atomic E-state index is 0.149. The van der Waals surface area contributed by atoms with Crippen LogP contribution in [0, 0.1) is 13.8 Å². The van der Waals surface area contributed by atoms with Gasteiger partial charge in [0.15, 0.2) is 5.96 Å². The Balaban J connectivity index is 1.92. The molecule has 8 nitrogen and oxygen atoms in total. The lowest BCUT2D eigenvalue weighted by Gasteiger charge is -2.18. The monoisotopic (exact) mass is 420 g/mol. The van der Waals surface area contributed by atoms with Crippen LogP contribution in [0.1, 0.15) is 30.8 Å². The molecule has 1 atom stereocenters. The van der Waals surface area contributed by atoms with Crippen LogP contribution in [0.2, 0.25) is 0 Å². The Morgan fingerprint density at radius 3 is 2.52 bits per heavy atom. The van der Waals surface area contributed by atoms with Gasteiger partial charge in [0.2, 0.25) is 10.0 Å². The predicted octanol–water partition coefficient (Wildman–Crippen LogP) is 1.50. The van der Waals surface area contributed by atoms with Crippen molar-refractivity contribution in [2.45, 2.75) is 45.1 Å². The fraction of sp³-hybridized carbons (Fsp3) is 0.500. The van der Waals surface area contributed by atoms with Crippen LogP contribution in [0.15, 0.2) is 40.2 Å². The van der Waals surface area contributed by atoms with Crippen molar-refractivity contribution in [2.75, 3.05) is 19.6 Å². The first-order chi connectivity index (χ1) is 13.7. The molecule has 0 aliphatic rings. The minimum Gasteiger partial charge on any atom is -0.357 e. The van der Waals surface area contributed by atoms with Crippen LogP contribution in [0.4, 0.5) is 0 Å². The van der Waals surface area contributed by atoms with Crippen molar-refractivity contribution in [3.05, 3.63) is 47.3 Å². The first kappa shape index (κ1) is 22.9. The molecule has 0 spiro atoms. The lowest BCUT2D eigenvalue weighted by atomic mass is 10.1. The van der Waals surface area contributed by atoms with Gasteiger partial charge in [-0.15, -0.1) is 0 Å². The van der Waals surface area contributed by atoms with E-state index in [1.165, 1.54) is 5.56 Å². The van der Waals surface area contributed by atoms with E-state index in [-0.39, 0.29) is 17.5 Å². The Hall–Kier alpha value is -2.39. The van der Waals surface area contributed by atoms with Gasteiger partial charge in [-0.05, 0) is 51.8 Å². The first-order valence-electron chi connectivity index (χ1n) is 9.83. The standard InChI is InChI=1S/C20H32N6O2S/c1-6-21-20(24-15(2)14-19-16(3)25-26(5)17(19)4)22-12-13-23-29(27,28)18-10-8-7-9-11-18/h7-11,15,23H,6,12-14H2,1-5H3,(H2,21,22,24). The van der Waals surface area contributed by atoms with Gasteiger partial charge in [0.1, 0.15) is 0 Å². The second-order valence-corrected chi connectivity index (χ2v) is 8.76. The lowest BCUT2D eigenvalue weighted by molar-refractivity contribution is 0.581. The van der Waals surface area contributed by atoms with Gasteiger partial charge in [-0.2, -0.15) is 5.10 Å². The maximum atomic E-state index is 12.3. The van der Waals surface area contributed by atoms with Crippen LogP contribution in [0.3, 0.4) is 0 Å². The summed E-state index contributed by atoms with van der Waals surface area (Å²) in [7, 11) is -1.56. The molecule has 1 aromatic carbocycles. The highest BCUT2D eigenvalue weighted by atomic mass is 32.2. The average molecular weight is 421 g/mol. The van der Waals surface area contributed by atoms with Gasteiger partial charge in [-0.1, -0.05) is 18.2 Å². The smallest absolute Gasteiger partial charge is 0.240 e. The molecule has 0 fully saturated rings. The molecule has 160 valence electrons. The van der Waals surface area contributed by atoms with Gasteiger partial charge >= 0.3 is 0 Å². The highest BCUT2D eigenvalue weighted by Gasteiger charge is 2.14. The molecule has 9 heteroatoms. The summed E-state index contributed by atoms with van der Waals surface area (Å²) in [5.74, 6) is 0.665. The Bertz CT molecular complexity index is 922. The topological polar surface area (TPSA) is 100 Å². The molecule has 2 rings (SSSR count). The number of sulfonamides is 1. The first-order valence-corrected chi connectivity index (χ1v) is 11.3. The van der Waals surface area contributed by atoms with Crippen molar-refractivity contribution < 1.29 is 8.42 Å². The molecule has 0 aliphatic heterocycles. The highest BCUT2D eigenvalue weighted by Crippen LogP contribution is 2.14. The van der Waals surface area contributed by atoms with E-state index in [2.05, 4.69) is 39.3 Å². The molecule has 0 aliphatic carbocycles. The third-order valence-corrected chi connectivity index (χ3v) is 6.10. The molecule has 2 aromatic rings. The number of nitrogens with zero attached hydrogens (tertiary/aromatic N) is 3. The summed E-state index contributed by atoms with van der Waals surface area (Å²) in [6.45, 7) is 9.46. The van der Waals surface area contributed by atoms with Crippen molar-refractivity contribution in [3.8, 4) is 0 Å². The van der Waals surface area contributed by atoms with Crippen LogP contribution >= 0.6 is 0 Å². The quantitative estimate of drug-likeness (QED) is 0.324. The molecule has 3 N–H and O–H groups in total. The Kier molecular flexibility index (Phi) is 8.21. The molecular formula is C20H32N6O2S. The largest absolute Gasteiger partial charge is 0.357 e. The van der Waals surface area contributed by atoms with E-state index in [1.807, 2.05) is 25.6 Å². The van der Waals surface area contributed by atoms with E-state index in [0.29, 0.717) is 12.5 Å². The van der Waals surface area contributed by atoms with Crippen molar-refractivity contribution in [1.29, 1.82) is 0 Å². The Morgan fingerprint density at radius 2 is 1.93 bits per heavy atom. The van der Waals surface area contributed by atoms with Crippen LogP contribution in [-0.2, 0) is 23.5 Å². The molecule has 0 radical (unpaired) electrons. The summed E-state index contributed by atoms with van der Waals surface area (Å²) >= 11 is 0. The van der Waals surface area contributed by atoms with Gasteiger partial charge in [0, 0.05) is 31.9 Å². The molecule has 29 heavy (non-hydrogen) atoms. The van der Waals surface area contributed by atoms with Crippen molar-refractivity contribution >= 4 is 16.0 Å². The minimum atomic E-state index is -3.51. The Morgan fingerprint density at radius 1 is 1.24 bits per heavy atom. The summed E-state index contributed by atoms with van der Waals surface area (Å²) in [6, 6.07) is 8.48. The summed E-state index contributed by atoms with van der Waals surface area (Å²) < 4.78 is 29.0. The van der Waals surface area contributed by atoms with Crippen LogP contribution < -0.4 is 15.4 Å². The number of rotatable bonds is 9. The van der Waals surface area contributed by atoms with Crippen LogP contribution in [-0.4, -0.2) is 49.8 Å². The van der Waals surface area contributed by atoms with Gasteiger partial charge in [-0.25, -0.2) is 13.1 Å². The average Bonchev–Trinajstić information content (AvgIpc) is 2.92. The molecule has 1 unspecified atom stereocenters. The van der Waals surface area contributed by atoms with Gasteiger partial charge in [0.05, 0.1) is 17.1 Å². The number of aryl methyl sites for hydroxylation is 2. The van der Waals surface area contributed by atoms with Gasteiger partial charge in [0.25, 0.3) is 0 Å². The van der Waals surface area contributed by atoms with Crippen LogP contribution in [0.5, 0.6) is 0 Å². The van der Waals surface area contributed by atoms with E-state index in [4.69, 9.17) is 0 Å². The van der Waals surface area contributed by atoms with Crippen molar-refractivity contribution in [3.63, 3.8) is 0 Å². The zero-order chi connectivity index (χ0) is 21.4. The van der Waals surface area contributed by atoms with E-state index in [1.54, 1.807) is 30.3 Å². The van der Waals surface area contributed by atoms with Crippen molar-refractivity contribution in [1.82, 2.24) is 25.1 Å². The van der Waals surface area contributed by atoms with Gasteiger partial charge < -0.3 is 10.6 Å². The highest BCUT2D eigenvalue weighted by molar-refractivity contribution is 7.89. The summed E-state index contributed by atoms with van der Waals surface area (Å²) in [5, 5.41) is 11.1. The number of aliphatic imine (C=N–C) groups is 1. The molecule has 1 aromatic heterocycles. The third-order valence-electron chi connectivity index (χ3n) is 4.62. The van der Waals surface area contributed by atoms with E-state index in [0.717, 1.165) is 24.4 Å². The zero-order valence-corrected chi connectivity index (χ0v) is 18.7. The fourth-order valence-electron chi connectivity index (χ4n) is 3.05. The number of hydrogen-bond donors (Lipinski definition) is 3. The molecule has 0 saturated heterocycles. The number of benzene rings is 1. The maximum absolute atomic E-state index is 12.3.